The monoisotopic (exact) mass is 356 g/mol. The van der Waals surface area contributed by atoms with Gasteiger partial charge < -0.3 is 16.5 Å². The van der Waals surface area contributed by atoms with Crippen LogP contribution in [0.5, 0.6) is 0 Å². The predicted octanol–water partition coefficient (Wildman–Crippen LogP) is 2.95. The maximum Gasteiger partial charge on any atom is 0.419 e. The molecule has 0 heterocycles. The van der Waals surface area contributed by atoms with Gasteiger partial charge in [-0.15, -0.1) is 0 Å². The summed E-state index contributed by atoms with van der Waals surface area (Å²) in [5.74, 6) is 3.18. The van der Waals surface area contributed by atoms with Crippen molar-refractivity contribution < 1.29 is 22.4 Å². The summed E-state index contributed by atoms with van der Waals surface area (Å²) in [5.41, 5.74) is 8.78. The van der Waals surface area contributed by atoms with E-state index in [9.17, 15) is 22.4 Å². The molecule has 0 aliphatic heterocycles. The molecule has 25 heavy (non-hydrogen) atoms. The molecule has 2 rings (SSSR count). The number of nitrogens with one attached hydrogen (secondary N) is 2. The molecule has 2 aromatic carbocycles. The molecule has 0 spiro atoms. The van der Waals surface area contributed by atoms with Crippen molar-refractivity contribution in [2.75, 3.05) is 11.2 Å². The molecule has 0 bridgehead atoms. The van der Waals surface area contributed by atoms with Crippen LogP contribution < -0.4 is 22.3 Å². The summed E-state index contributed by atoms with van der Waals surface area (Å²) in [6.45, 7) is 1.79. The molecule has 0 saturated heterocycles. The number of nitrogens with two attached hydrogens (primary N) is 2. The lowest BCUT2D eigenvalue weighted by atomic mass is 10.0. The van der Waals surface area contributed by atoms with Crippen LogP contribution in [0.4, 0.5) is 28.9 Å². The number of aryl methyl sites for hydroxylation is 1. The summed E-state index contributed by atoms with van der Waals surface area (Å²) in [7, 11) is 0. The van der Waals surface area contributed by atoms with E-state index in [4.69, 9.17) is 11.6 Å². The van der Waals surface area contributed by atoms with Gasteiger partial charge in [-0.25, -0.2) is 4.39 Å². The van der Waals surface area contributed by atoms with Crippen LogP contribution in [0.3, 0.4) is 0 Å². The largest absolute Gasteiger partial charge is 0.419 e. The SMILES string of the molecule is Cc1ccc(N)c(NN)c1CNC(=O)c1ccc(C(F)(F)F)c(F)c1. The molecule has 134 valence electrons. The quantitative estimate of drug-likeness (QED) is 0.293. The third-order valence-corrected chi connectivity index (χ3v) is 3.69. The van der Waals surface area contributed by atoms with Gasteiger partial charge in [-0.1, -0.05) is 6.07 Å². The van der Waals surface area contributed by atoms with Crippen LogP contribution >= 0.6 is 0 Å². The summed E-state index contributed by atoms with van der Waals surface area (Å²) < 4.78 is 51.2. The third-order valence-electron chi connectivity index (χ3n) is 3.69. The Morgan fingerprint density at radius 1 is 1.20 bits per heavy atom. The van der Waals surface area contributed by atoms with Crippen LogP contribution in [0.1, 0.15) is 27.0 Å². The zero-order valence-electron chi connectivity index (χ0n) is 13.2. The number of carbonyl (C=O) groups is 1. The number of halogens is 4. The average molecular weight is 356 g/mol. The molecule has 0 fully saturated rings. The summed E-state index contributed by atoms with van der Waals surface area (Å²) in [4.78, 5) is 12.1. The molecule has 6 N–H and O–H groups in total. The molecular formula is C16H16F4N4O. The number of benzene rings is 2. The summed E-state index contributed by atoms with van der Waals surface area (Å²) >= 11 is 0. The van der Waals surface area contributed by atoms with Crippen LogP contribution in [-0.4, -0.2) is 5.91 Å². The fraction of sp³-hybridized carbons (Fsp3) is 0.188. The second-order valence-electron chi connectivity index (χ2n) is 5.34. The normalized spacial score (nSPS) is 11.3. The summed E-state index contributed by atoms with van der Waals surface area (Å²) in [5, 5.41) is 2.51. The van der Waals surface area contributed by atoms with E-state index in [1.165, 1.54) is 0 Å². The summed E-state index contributed by atoms with van der Waals surface area (Å²) in [6.07, 6.45) is -4.82. The molecule has 0 saturated carbocycles. The molecule has 1 amide bonds. The maximum absolute atomic E-state index is 13.6. The molecule has 0 radical (unpaired) electrons. The number of amides is 1. The van der Waals surface area contributed by atoms with Crippen LogP contribution in [-0.2, 0) is 12.7 Å². The van der Waals surface area contributed by atoms with Gasteiger partial charge in [-0.2, -0.15) is 13.2 Å². The highest BCUT2D eigenvalue weighted by Gasteiger charge is 2.34. The number of nitrogen functional groups attached to an aromatic ring is 2. The number of carbonyl (C=O) groups excluding carboxylic acids is 1. The van der Waals surface area contributed by atoms with E-state index in [0.29, 0.717) is 29.1 Å². The van der Waals surface area contributed by atoms with Crippen LogP contribution in [0.2, 0.25) is 0 Å². The minimum Gasteiger partial charge on any atom is -0.397 e. The van der Waals surface area contributed by atoms with Crippen molar-refractivity contribution in [3.8, 4) is 0 Å². The molecule has 5 nitrogen and oxygen atoms in total. The Bertz CT molecular complexity index is 805. The third kappa shape index (κ3) is 4.00. The van der Waals surface area contributed by atoms with E-state index in [0.717, 1.165) is 11.6 Å². The van der Waals surface area contributed by atoms with Gasteiger partial charge in [0, 0.05) is 17.7 Å². The van der Waals surface area contributed by atoms with Gasteiger partial charge in [-0.05, 0) is 36.8 Å². The highest BCUT2D eigenvalue weighted by Crippen LogP contribution is 2.31. The lowest BCUT2D eigenvalue weighted by molar-refractivity contribution is -0.140. The first-order valence-electron chi connectivity index (χ1n) is 7.14. The molecule has 0 aliphatic rings. The Morgan fingerprint density at radius 3 is 2.44 bits per heavy atom. The van der Waals surface area contributed by atoms with E-state index < -0.39 is 23.5 Å². The van der Waals surface area contributed by atoms with Gasteiger partial charge in [0.15, 0.2) is 0 Å². The maximum atomic E-state index is 13.6. The molecule has 0 unspecified atom stereocenters. The zero-order chi connectivity index (χ0) is 18.8. The topological polar surface area (TPSA) is 93.2 Å². The number of anilines is 2. The Kier molecular flexibility index (Phi) is 5.17. The van der Waals surface area contributed by atoms with Crippen LogP contribution in [0, 0.1) is 12.7 Å². The number of hydrogen-bond donors (Lipinski definition) is 4. The molecule has 9 heteroatoms. The lowest BCUT2D eigenvalue weighted by Gasteiger charge is -2.15. The molecule has 0 aromatic heterocycles. The van der Waals surface area contributed by atoms with Crippen molar-refractivity contribution in [1.29, 1.82) is 0 Å². The fourth-order valence-corrected chi connectivity index (χ4v) is 2.33. The highest BCUT2D eigenvalue weighted by atomic mass is 19.4. The Hall–Kier alpha value is -2.81. The van der Waals surface area contributed by atoms with Gasteiger partial charge in [0.2, 0.25) is 0 Å². The number of hydrazine groups is 1. The van der Waals surface area contributed by atoms with Crippen molar-refractivity contribution >= 4 is 17.3 Å². The van der Waals surface area contributed by atoms with E-state index in [-0.39, 0.29) is 12.1 Å². The van der Waals surface area contributed by atoms with Crippen molar-refractivity contribution in [2.24, 2.45) is 5.84 Å². The molecular weight excluding hydrogens is 340 g/mol. The minimum atomic E-state index is -4.82. The minimum absolute atomic E-state index is 0.0118. The van der Waals surface area contributed by atoms with Crippen molar-refractivity contribution in [3.05, 3.63) is 58.4 Å². The Labute approximate surface area is 141 Å². The first-order chi connectivity index (χ1) is 11.6. The number of hydrogen-bond acceptors (Lipinski definition) is 4. The van der Waals surface area contributed by atoms with E-state index in [1.54, 1.807) is 19.1 Å². The second kappa shape index (κ2) is 6.98. The zero-order valence-corrected chi connectivity index (χ0v) is 13.2. The van der Waals surface area contributed by atoms with Crippen molar-refractivity contribution in [3.63, 3.8) is 0 Å². The van der Waals surface area contributed by atoms with Gasteiger partial charge in [0.1, 0.15) is 5.82 Å². The molecule has 0 atom stereocenters. The average Bonchev–Trinajstić information content (AvgIpc) is 2.53. The van der Waals surface area contributed by atoms with Crippen LogP contribution in [0.15, 0.2) is 30.3 Å². The Balaban J connectivity index is 2.19. The predicted molar refractivity (Wildman–Crippen MR) is 86.0 cm³/mol. The number of rotatable bonds is 4. The van der Waals surface area contributed by atoms with Gasteiger partial charge in [0.25, 0.3) is 5.91 Å². The highest BCUT2D eigenvalue weighted by molar-refractivity contribution is 5.94. The van der Waals surface area contributed by atoms with E-state index >= 15 is 0 Å². The fourth-order valence-electron chi connectivity index (χ4n) is 2.33. The molecule has 0 aliphatic carbocycles. The summed E-state index contributed by atoms with van der Waals surface area (Å²) in [6, 6.07) is 5.36. The van der Waals surface area contributed by atoms with Crippen molar-refractivity contribution in [1.82, 2.24) is 5.32 Å². The van der Waals surface area contributed by atoms with Gasteiger partial charge in [0.05, 0.1) is 16.9 Å². The standard InChI is InChI=1S/C16H16F4N4O/c1-8-2-5-13(21)14(24-22)10(8)7-23-15(25)9-3-4-11(12(17)6-9)16(18,19)20/h2-6,24H,7,21-22H2,1H3,(H,23,25). The smallest absolute Gasteiger partial charge is 0.397 e. The van der Waals surface area contributed by atoms with Crippen molar-refractivity contribution in [2.45, 2.75) is 19.6 Å². The number of alkyl halides is 3. The van der Waals surface area contributed by atoms with Crippen LogP contribution in [0.25, 0.3) is 0 Å². The van der Waals surface area contributed by atoms with Gasteiger partial charge in [-0.3, -0.25) is 10.6 Å². The Morgan fingerprint density at radius 2 is 1.88 bits per heavy atom. The first-order valence-corrected chi connectivity index (χ1v) is 7.14. The van der Waals surface area contributed by atoms with E-state index in [1.807, 2.05) is 0 Å². The molecule has 2 aromatic rings. The second-order valence-corrected chi connectivity index (χ2v) is 5.34. The lowest BCUT2D eigenvalue weighted by Crippen LogP contribution is -2.25. The van der Waals surface area contributed by atoms with E-state index in [2.05, 4.69) is 10.7 Å². The first kappa shape index (κ1) is 18.5. The van der Waals surface area contributed by atoms with Gasteiger partial charge >= 0.3 is 6.18 Å².